The van der Waals surface area contributed by atoms with Gasteiger partial charge in [-0.1, -0.05) is 17.7 Å². The highest BCUT2D eigenvalue weighted by molar-refractivity contribution is 6.34. The van der Waals surface area contributed by atoms with E-state index < -0.39 is 17.5 Å². The van der Waals surface area contributed by atoms with E-state index in [9.17, 15) is 13.6 Å². The van der Waals surface area contributed by atoms with E-state index in [0.29, 0.717) is 10.7 Å². The van der Waals surface area contributed by atoms with Gasteiger partial charge in [0, 0.05) is 24.1 Å². The monoisotopic (exact) mass is 388 g/mol. The lowest BCUT2D eigenvalue weighted by Gasteiger charge is -2.11. The Morgan fingerprint density at radius 2 is 1.74 bits per heavy atom. The van der Waals surface area contributed by atoms with Crippen molar-refractivity contribution in [2.45, 2.75) is 13.8 Å². The molecule has 1 heterocycles. The molecule has 0 aliphatic carbocycles. The van der Waals surface area contributed by atoms with Crippen LogP contribution in [0.5, 0.6) is 0 Å². The quantitative estimate of drug-likeness (QED) is 0.658. The molecule has 0 aliphatic rings. The van der Waals surface area contributed by atoms with Gasteiger partial charge in [-0.2, -0.15) is 0 Å². The minimum absolute atomic E-state index is 0.141. The van der Waals surface area contributed by atoms with Crippen LogP contribution < -0.4 is 10.6 Å². The molecule has 0 radical (unpaired) electrons. The van der Waals surface area contributed by atoms with Crippen molar-refractivity contribution in [3.05, 3.63) is 76.1 Å². The first-order valence-electron chi connectivity index (χ1n) is 7.95. The van der Waals surface area contributed by atoms with Gasteiger partial charge >= 0.3 is 0 Å². The normalized spacial score (nSPS) is 10.6. The Bertz CT molecular complexity index is 986. The molecule has 2 aromatic carbocycles. The number of anilines is 3. The summed E-state index contributed by atoms with van der Waals surface area (Å²) in [5.41, 5.74) is 2.86. The summed E-state index contributed by atoms with van der Waals surface area (Å²) in [6, 6.07) is 7.00. The van der Waals surface area contributed by atoms with Gasteiger partial charge in [-0.15, -0.1) is 0 Å². The molecular formula is C19H15ClF2N4O. The van der Waals surface area contributed by atoms with Gasteiger partial charge in [-0.3, -0.25) is 4.79 Å². The average molecular weight is 389 g/mol. The van der Waals surface area contributed by atoms with E-state index in [2.05, 4.69) is 20.6 Å². The number of amides is 1. The zero-order valence-electron chi connectivity index (χ0n) is 14.5. The predicted molar refractivity (Wildman–Crippen MR) is 101 cm³/mol. The fraction of sp³-hybridized carbons (Fsp3) is 0.105. The summed E-state index contributed by atoms with van der Waals surface area (Å²) in [6.45, 7) is 3.76. The predicted octanol–water partition coefficient (Wildman–Crippen LogP) is 5.02. The minimum atomic E-state index is -0.985. The molecule has 0 saturated heterocycles. The van der Waals surface area contributed by atoms with Gasteiger partial charge in [0.05, 0.1) is 16.3 Å². The zero-order chi connectivity index (χ0) is 19.6. The molecule has 138 valence electrons. The molecule has 5 nitrogen and oxygen atoms in total. The smallest absolute Gasteiger partial charge is 0.258 e. The molecule has 1 amide bonds. The molecule has 0 fully saturated rings. The highest BCUT2D eigenvalue weighted by Crippen LogP contribution is 2.27. The third kappa shape index (κ3) is 4.38. The number of nitrogens with one attached hydrogen (secondary N) is 2. The number of nitrogens with zero attached hydrogens (tertiary/aromatic N) is 2. The first-order chi connectivity index (χ1) is 12.8. The molecule has 3 rings (SSSR count). The first-order valence-corrected chi connectivity index (χ1v) is 8.33. The number of hydrogen-bond acceptors (Lipinski definition) is 4. The number of carbonyl (C=O) groups is 1. The Morgan fingerprint density at radius 1 is 1.04 bits per heavy atom. The van der Waals surface area contributed by atoms with E-state index in [-0.39, 0.29) is 17.2 Å². The van der Waals surface area contributed by atoms with Crippen LogP contribution in [0.4, 0.5) is 26.1 Å². The van der Waals surface area contributed by atoms with Crippen LogP contribution in [-0.4, -0.2) is 15.9 Å². The number of carbonyl (C=O) groups excluding carboxylic acids is 1. The van der Waals surface area contributed by atoms with Crippen LogP contribution in [0.3, 0.4) is 0 Å². The standard InChI is InChI=1S/C19H15ClF2N4O/c1-10-5-11(2)17(14(20)6-10)26-18(27)12-8-23-19(24-9-12)25-13-3-4-15(21)16(22)7-13/h3-9H,1-2H3,(H,26,27)(H,23,24,25). The van der Waals surface area contributed by atoms with E-state index in [1.807, 2.05) is 19.9 Å². The molecule has 1 aromatic heterocycles. The van der Waals surface area contributed by atoms with Crippen molar-refractivity contribution in [1.29, 1.82) is 0 Å². The van der Waals surface area contributed by atoms with Crippen molar-refractivity contribution in [2.24, 2.45) is 0 Å². The fourth-order valence-corrected chi connectivity index (χ4v) is 2.84. The summed E-state index contributed by atoms with van der Waals surface area (Å²) >= 11 is 6.19. The summed E-state index contributed by atoms with van der Waals surface area (Å²) in [5.74, 6) is -2.20. The Hall–Kier alpha value is -3.06. The summed E-state index contributed by atoms with van der Waals surface area (Å²) < 4.78 is 26.2. The fourth-order valence-electron chi connectivity index (χ4n) is 2.47. The molecule has 0 atom stereocenters. The second-order valence-electron chi connectivity index (χ2n) is 5.94. The van der Waals surface area contributed by atoms with Crippen LogP contribution in [0.2, 0.25) is 5.02 Å². The van der Waals surface area contributed by atoms with Crippen LogP contribution in [0, 0.1) is 25.5 Å². The van der Waals surface area contributed by atoms with Crippen molar-refractivity contribution >= 4 is 34.8 Å². The number of aromatic nitrogens is 2. The molecule has 0 unspecified atom stereocenters. The van der Waals surface area contributed by atoms with E-state index >= 15 is 0 Å². The Kier molecular flexibility index (Phi) is 5.32. The summed E-state index contributed by atoms with van der Waals surface area (Å²) in [4.78, 5) is 20.4. The van der Waals surface area contributed by atoms with Gasteiger partial charge in [-0.25, -0.2) is 18.7 Å². The molecule has 2 N–H and O–H groups in total. The van der Waals surface area contributed by atoms with Gasteiger partial charge < -0.3 is 10.6 Å². The molecule has 0 aliphatic heterocycles. The van der Waals surface area contributed by atoms with Crippen molar-refractivity contribution in [3.8, 4) is 0 Å². The van der Waals surface area contributed by atoms with Gasteiger partial charge in [-0.05, 0) is 43.2 Å². The third-order valence-electron chi connectivity index (χ3n) is 3.76. The van der Waals surface area contributed by atoms with Crippen LogP contribution in [0.25, 0.3) is 0 Å². The number of rotatable bonds is 4. The SMILES string of the molecule is Cc1cc(C)c(NC(=O)c2cnc(Nc3ccc(F)c(F)c3)nc2)c(Cl)c1. The van der Waals surface area contributed by atoms with E-state index in [0.717, 1.165) is 23.3 Å². The number of benzene rings is 2. The second-order valence-corrected chi connectivity index (χ2v) is 6.35. The van der Waals surface area contributed by atoms with Crippen molar-refractivity contribution in [1.82, 2.24) is 9.97 Å². The van der Waals surface area contributed by atoms with E-state index in [4.69, 9.17) is 11.6 Å². The van der Waals surface area contributed by atoms with Crippen molar-refractivity contribution in [2.75, 3.05) is 10.6 Å². The molecule has 0 spiro atoms. The van der Waals surface area contributed by atoms with Crippen molar-refractivity contribution < 1.29 is 13.6 Å². The van der Waals surface area contributed by atoms with E-state index in [1.165, 1.54) is 18.5 Å². The molecular weight excluding hydrogens is 374 g/mol. The molecule has 0 saturated carbocycles. The summed E-state index contributed by atoms with van der Waals surface area (Å²) in [7, 11) is 0. The number of aryl methyl sites for hydroxylation is 2. The lowest BCUT2D eigenvalue weighted by molar-refractivity contribution is 0.102. The summed E-state index contributed by atoms with van der Waals surface area (Å²) in [6.07, 6.45) is 2.64. The van der Waals surface area contributed by atoms with Crippen LogP contribution >= 0.6 is 11.6 Å². The molecule has 8 heteroatoms. The minimum Gasteiger partial charge on any atom is -0.324 e. The lowest BCUT2D eigenvalue weighted by atomic mass is 10.1. The van der Waals surface area contributed by atoms with Gasteiger partial charge in [0.15, 0.2) is 11.6 Å². The highest BCUT2D eigenvalue weighted by Gasteiger charge is 2.12. The summed E-state index contributed by atoms with van der Waals surface area (Å²) in [5, 5.41) is 5.92. The number of halogens is 3. The second kappa shape index (κ2) is 7.67. The maximum atomic E-state index is 13.2. The largest absolute Gasteiger partial charge is 0.324 e. The van der Waals surface area contributed by atoms with Crippen LogP contribution in [-0.2, 0) is 0 Å². The number of hydrogen-bond donors (Lipinski definition) is 2. The maximum absolute atomic E-state index is 13.2. The lowest BCUT2D eigenvalue weighted by Crippen LogP contribution is -2.14. The third-order valence-corrected chi connectivity index (χ3v) is 4.06. The van der Waals surface area contributed by atoms with Crippen molar-refractivity contribution in [3.63, 3.8) is 0 Å². The van der Waals surface area contributed by atoms with Crippen LogP contribution in [0.1, 0.15) is 21.5 Å². The van der Waals surface area contributed by atoms with E-state index in [1.54, 1.807) is 6.07 Å². The first kappa shape index (κ1) is 18.7. The average Bonchev–Trinajstić information content (AvgIpc) is 2.61. The van der Waals surface area contributed by atoms with Gasteiger partial charge in [0.1, 0.15) is 0 Å². The topological polar surface area (TPSA) is 66.9 Å². The van der Waals surface area contributed by atoms with Gasteiger partial charge in [0.2, 0.25) is 5.95 Å². The Labute approximate surface area is 159 Å². The maximum Gasteiger partial charge on any atom is 0.258 e. The Morgan fingerprint density at radius 3 is 2.37 bits per heavy atom. The molecule has 0 bridgehead atoms. The highest BCUT2D eigenvalue weighted by atomic mass is 35.5. The van der Waals surface area contributed by atoms with Crippen LogP contribution in [0.15, 0.2) is 42.7 Å². The zero-order valence-corrected chi connectivity index (χ0v) is 15.2. The molecule has 3 aromatic rings. The van der Waals surface area contributed by atoms with Gasteiger partial charge in [0.25, 0.3) is 5.91 Å². The Balaban J connectivity index is 1.73. The molecule has 27 heavy (non-hydrogen) atoms.